The van der Waals surface area contributed by atoms with Gasteiger partial charge in [-0.3, -0.25) is 9.69 Å². The topological polar surface area (TPSA) is 49.8 Å². The van der Waals surface area contributed by atoms with Gasteiger partial charge in [-0.15, -0.1) is 0 Å². The van der Waals surface area contributed by atoms with Gasteiger partial charge in [-0.25, -0.2) is 0 Å². The van der Waals surface area contributed by atoms with Gasteiger partial charge in [-0.2, -0.15) is 13.2 Å². The minimum absolute atomic E-state index is 0.316. The number of carboxylic acid groups (broad SMARTS) is 1. The Labute approximate surface area is 191 Å². The molecule has 1 aliphatic carbocycles. The van der Waals surface area contributed by atoms with Gasteiger partial charge >= 0.3 is 12.1 Å². The highest BCUT2D eigenvalue weighted by Crippen LogP contribution is 2.44. The Hall–Kier alpha value is -2.80. The molecule has 1 fully saturated rings. The summed E-state index contributed by atoms with van der Waals surface area (Å²) in [5.74, 6) is 0.118. The van der Waals surface area contributed by atoms with Crippen LogP contribution < -0.4 is 4.74 Å². The zero-order chi connectivity index (χ0) is 23.6. The number of hydrogen-bond acceptors (Lipinski definition) is 3. The average molecular weight is 460 g/mol. The van der Waals surface area contributed by atoms with Crippen molar-refractivity contribution in [2.24, 2.45) is 5.41 Å². The smallest absolute Gasteiger partial charge is 0.416 e. The van der Waals surface area contributed by atoms with E-state index in [1.165, 1.54) is 23.3 Å². The fourth-order valence-electron chi connectivity index (χ4n) is 4.78. The minimum Gasteiger partial charge on any atom is -0.489 e. The molecule has 1 N–H and O–H groups in total. The Morgan fingerprint density at radius 3 is 2.52 bits per heavy atom. The second-order valence-corrected chi connectivity index (χ2v) is 9.19. The lowest BCUT2D eigenvalue weighted by molar-refractivity contribution is -0.157. The first kappa shape index (κ1) is 23.4. The van der Waals surface area contributed by atoms with Crippen molar-refractivity contribution in [3.63, 3.8) is 0 Å². The number of ether oxygens (including phenoxy) is 1. The van der Waals surface area contributed by atoms with Crippen LogP contribution in [0.15, 0.2) is 48.5 Å². The molecule has 2 aromatic rings. The van der Waals surface area contributed by atoms with Crippen LogP contribution in [0.5, 0.6) is 5.75 Å². The predicted molar refractivity (Wildman–Crippen MR) is 120 cm³/mol. The van der Waals surface area contributed by atoms with E-state index in [2.05, 4.69) is 11.0 Å². The van der Waals surface area contributed by atoms with E-state index < -0.39 is 23.1 Å². The van der Waals surface area contributed by atoms with Crippen LogP contribution in [0, 0.1) is 5.41 Å². The quantitative estimate of drug-likeness (QED) is 0.624. The average Bonchev–Trinajstić information content (AvgIpc) is 2.97. The SMILES string of the molecule is CC1(C(=O)O)CC(N2CCc3cccc(OC/C=C/c4ccc(C(F)(F)F)cc4)c3CC2)C1. The molecule has 0 amide bonds. The lowest BCUT2D eigenvalue weighted by Gasteiger charge is -2.47. The maximum atomic E-state index is 12.7. The van der Waals surface area contributed by atoms with Crippen LogP contribution in [-0.4, -0.2) is 41.7 Å². The Bertz CT molecular complexity index is 1020. The van der Waals surface area contributed by atoms with Gasteiger partial charge in [0.1, 0.15) is 12.4 Å². The molecule has 0 atom stereocenters. The highest BCUT2D eigenvalue weighted by molar-refractivity contribution is 5.75. The molecule has 2 aliphatic rings. The number of halogens is 3. The molecule has 176 valence electrons. The van der Waals surface area contributed by atoms with Crippen molar-refractivity contribution < 1.29 is 27.8 Å². The van der Waals surface area contributed by atoms with Gasteiger partial charge in [0.2, 0.25) is 0 Å². The highest BCUT2D eigenvalue weighted by Gasteiger charge is 2.48. The molecule has 4 nitrogen and oxygen atoms in total. The van der Waals surface area contributed by atoms with Crippen molar-refractivity contribution in [2.75, 3.05) is 19.7 Å². The Morgan fingerprint density at radius 1 is 1.15 bits per heavy atom. The van der Waals surface area contributed by atoms with Gasteiger partial charge in [0, 0.05) is 19.1 Å². The lowest BCUT2D eigenvalue weighted by atomic mass is 9.66. The van der Waals surface area contributed by atoms with Crippen molar-refractivity contribution in [1.29, 1.82) is 0 Å². The largest absolute Gasteiger partial charge is 0.489 e. The van der Waals surface area contributed by atoms with E-state index in [0.29, 0.717) is 31.1 Å². The van der Waals surface area contributed by atoms with Crippen molar-refractivity contribution in [3.8, 4) is 5.75 Å². The number of benzene rings is 2. The molecule has 0 spiro atoms. The van der Waals surface area contributed by atoms with Crippen molar-refractivity contribution in [2.45, 2.75) is 44.8 Å². The van der Waals surface area contributed by atoms with Gasteiger partial charge in [0.05, 0.1) is 11.0 Å². The number of aliphatic carboxylic acids is 1. The van der Waals surface area contributed by atoms with Crippen LogP contribution in [0.4, 0.5) is 13.2 Å². The lowest BCUT2D eigenvalue weighted by Crippen LogP contribution is -2.53. The van der Waals surface area contributed by atoms with E-state index in [1.807, 2.05) is 19.1 Å². The summed E-state index contributed by atoms with van der Waals surface area (Å²) in [6, 6.07) is 11.4. The molecule has 7 heteroatoms. The highest BCUT2D eigenvalue weighted by atomic mass is 19.4. The predicted octanol–water partition coefficient (Wildman–Crippen LogP) is 5.45. The van der Waals surface area contributed by atoms with E-state index in [4.69, 9.17) is 4.74 Å². The first-order chi connectivity index (χ1) is 15.7. The van der Waals surface area contributed by atoms with Crippen LogP contribution in [0.2, 0.25) is 0 Å². The summed E-state index contributed by atoms with van der Waals surface area (Å²) < 4.78 is 44.0. The molecular weight excluding hydrogens is 431 g/mol. The number of carboxylic acids is 1. The second kappa shape index (κ2) is 9.21. The maximum Gasteiger partial charge on any atom is 0.416 e. The molecule has 4 rings (SSSR count). The number of nitrogens with zero attached hydrogens (tertiary/aromatic N) is 1. The first-order valence-corrected chi connectivity index (χ1v) is 11.2. The standard InChI is InChI=1S/C26H28F3NO3/c1-25(24(31)32)16-21(17-25)30-13-11-19-5-2-6-23(22(19)12-14-30)33-15-3-4-18-7-9-20(10-8-18)26(27,28)29/h2-10,21H,11-17H2,1H3,(H,31,32)/b4-3+. The molecule has 0 radical (unpaired) electrons. The van der Waals surface area contributed by atoms with Crippen LogP contribution >= 0.6 is 0 Å². The number of alkyl halides is 3. The summed E-state index contributed by atoms with van der Waals surface area (Å²) in [6.45, 7) is 3.92. The summed E-state index contributed by atoms with van der Waals surface area (Å²) in [7, 11) is 0. The van der Waals surface area contributed by atoms with Crippen molar-refractivity contribution in [1.82, 2.24) is 4.90 Å². The van der Waals surface area contributed by atoms with Crippen molar-refractivity contribution >= 4 is 12.0 Å². The Kier molecular flexibility index (Phi) is 6.52. The number of carbonyl (C=O) groups is 1. The fourth-order valence-corrected chi connectivity index (χ4v) is 4.78. The van der Waals surface area contributed by atoms with Gasteiger partial charge in [-0.05, 0) is 73.6 Å². The third kappa shape index (κ3) is 5.24. The molecule has 1 heterocycles. The summed E-state index contributed by atoms with van der Waals surface area (Å²) in [5.41, 5.74) is 1.86. The Balaban J connectivity index is 1.33. The van der Waals surface area contributed by atoms with Gasteiger partial charge in [0.25, 0.3) is 0 Å². The molecule has 2 aromatic carbocycles. The fraction of sp³-hybridized carbons (Fsp3) is 0.423. The second-order valence-electron chi connectivity index (χ2n) is 9.19. The van der Waals surface area contributed by atoms with Crippen LogP contribution in [0.25, 0.3) is 6.08 Å². The maximum absolute atomic E-state index is 12.7. The molecule has 0 saturated heterocycles. The summed E-state index contributed by atoms with van der Waals surface area (Å²) in [4.78, 5) is 13.8. The molecule has 33 heavy (non-hydrogen) atoms. The van der Waals surface area contributed by atoms with Gasteiger partial charge in [-0.1, -0.05) is 30.3 Å². The molecule has 0 aromatic heterocycles. The first-order valence-electron chi connectivity index (χ1n) is 11.2. The molecule has 1 aliphatic heterocycles. The van der Waals surface area contributed by atoms with E-state index in [-0.39, 0.29) is 0 Å². The summed E-state index contributed by atoms with van der Waals surface area (Å²) >= 11 is 0. The van der Waals surface area contributed by atoms with Gasteiger partial charge < -0.3 is 9.84 Å². The summed E-state index contributed by atoms with van der Waals surface area (Å²) in [6.07, 6.45) is 2.34. The van der Waals surface area contributed by atoms with Crippen molar-refractivity contribution in [3.05, 3.63) is 70.8 Å². The monoisotopic (exact) mass is 459 g/mol. The molecule has 0 bridgehead atoms. The van der Waals surface area contributed by atoms with Gasteiger partial charge in [0.15, 0.2) is 0 Å². The van der Waals surface area contributed by atoms with Crippen LogP contribution in [-0.2, 0) is 23.8 Å². The van der Waals surface area contributed by atoms with Crippen LogP contribution in [0.1, 0.15) is 42.0 Å². The molecular formula is C26H28F3NO3. The Morgan fingerprint density at radius 2 is 1.85 bits per heavy atom. The van der Waals surface area contributed by atoms with Crippen LogP contribution in [0.3, 0.4) is 0 Å². The number of hydrogen-bond donors (Lipinski definition) is 1. The summed E-state index contributed by atoms with van der Waals surface area (Å²) in [5, 5.41) is 9.38. The zero-order valence-electron chi connectivity index (χ0n) is 18.6. The molecule has 0 unspecified atom stereocenters. The minimum atomic E-state index is -4.33. The number of fused-ring (bicyclic) bond motifs is 1. The third-order valence-corrected chi connectivity index (χ3v) is 6.84. The third-order valence-electron chi connectivity index (χ3n) is 6.84. The van der Waals surface area contributed by atoms with E-state index in [0.717, 1.165) is 43.8 Å². The normalized spacial score (nSPS) is 23.6. The molecule has 1 saturated carbocycles. The zero-order valence-corrected chi connectivity index (χ0v) is 18.6. The van der Waals surface area contributed by atoms with E-state index >= 15 is 0 Å². The van der Waals surface area contributed by atoms with E-state index in [9.17, 15) is 23.1 Å². The van der Waals surface area contributed by atoms with E-state index in [1.54, 1.807) is 12.2 Å². The number of rotatable bonds is 6.